The molecule has 5 heteroatoms. The Morgan fingerprint density at radius 1 is 1.18 bits per heavy atom. The number of benzene rings is 1. The summed E-state index contributed by atoms with van der Waals surface area (Å²) >= 11 is 0. The van der Waals surface area contributed by atoms with Gasteiger partial charge in [0.05, 0.1) is 12.1 Å². The Morgan fingerprint density at radius 2 is 1.71 bits per heavy atom. The van der Waals surface area contributed by atoms with Crippen molar-refractivity contribution in [3.8, 4) is 11.5 Å². The van der Waals surface area contributed by atoms with Gasteiger partial charge >= 0.3 is 0 Å². The lowest BCUT2D eigenvalue weighted by Gasteiger charge is -2.19. The molecule has 17 heavy (non-hydrogen) atoms. The Hall–Kier alpha value is -0.970. The molecule has 0 amide bonds. The van der Waals surface area contributed by atoms with Crippen LogP contribution in [-0.2, 0) is 0 Å². The van der Waals surface area contributed by atoms with E-state index in [0.29, 0.717) is 12.0 Å². The Morgan fingerprint density at radius 3 is 2.18 bits per heavy atom. The minimum Gasteiger partial charge on any atom is -0.508 e. The third-order valence-electron chi connectivity index (χ3n) is 2.58. The molecule has 5 N–H and O–H groups in total. The average Bonchev–Trinajstić information content (AvgIpc) is 2.23. The van der Waals surface area contributed by atoms with Crippen LogP contribution in [0.2, 0.25) is 0 Å². The number of unbranched alkanes of at least 4 members (excludes halogenated alkanes) is 1. The van der Waals surface area contributed by atoms with E-state index in [1.165, 1.54) is 18.2 Å². The van der Waals surface area contributed by atoms with Gasteiger partial charge in [-0.1, -0.05) is 19.8 Å². The van der Waals surface area contributed by atoms with Crippen LogP contribution in [0.4, 0.5) is 0 Å². The summed E-state index contributed by atoms with van der Waals surface area (Å²) < 4.78 is 0. The van der Waals surface area contributed by atoms with E-state index in [2.05, 4.69) is 0 Å². The van der Waals surface area contributed by atoms with Crippen molar-refractivity contribution in [1.82, 2.24) is 0 Å². The highest BCUT2D eigenvalue weighted by atomic mass is 35.5. The number of aromatic hydroxyl groups is 2. The van der Waals surface area contributed by atoms with Crippen LogP contribution in [0.15, 0.2) is 18.2 Å². The monoisotopic (exact) mass is 261 g/mol. The highest BCUT2D eigenvalue weighted by molar-refractivity contribution is 5.85. The quantitative estimate of drug-likeness (QED) is 0.654. The first-order chi connectivity index (χ1) is 7.54. The van der Waals surface area contributed by atoms with Crippen LogP contribution in [0.1, 0.15) is 37.8 Å². The minimum absolute atomic E-state index is 0. The van der Waals surface area contributed by atoms with E-state index in [9.17, 15) is 15.3 Å². The van der Waals surface area contributed by atoms with Gasteiger partial charge in [-0.25, -0.2) is 0 Å². The van der Waals surface area contributed by atoms with E-state index in [1.807, 2.05) is 6.92 Å². The fourth-order valence-corrected chi connectivity index (χ4v) is 1.63. The maximum atomic E-state index is 9.80. The third-order valence-corrected chi connectivity index (χ3v) is 2.58. The van der Waals surface area contributed by atoms with Gasteiger partial charge in [0.1, 0.15) is 11.5 Å². The Kier molecular flexibility index (Phi) is 6.95. The first-order valence-electron chi connectivity index (χ1n) is 5.51. The summed E-state index contributed by atoms with van der Waals surface area (Å²) in [6.45, 7) is 2.04. The standard InChI is InChI=1S/C12H19NO3.ClH/c1-2-3-4-11(16)12(13)8-5-9(14)7-10(15)6-8;/h5-7,11-12,14-16H,2-4,13H2,1H3;1H/t11-,12+;/m1./s1. The van der Waals surface area contributed by atoms with Crippen molar-refractivity contribution in [2.24, 2.45) is 5.73 Å². The predicted molar refractivity (Wildman–Crippen MR) is 69.5 cm³/mol. The molecular weight excluding hydrogens is 242 g/mol. The highest BCUT2D eigenvalue weighted by Gasteiger charge is 2.17. The summed E-state index contributed by atoms with van der Waals surface area (Å²) in [5.41, 5.74) is 6.39. The van der Waals surface area contributed by atoms with E-state index in [-0.39, 0.29) is 23.9 Å². The van der Waals surface area contributed by atoms with Crippen molar-refractivity contribution in [3.63, 3.8) is 0 Å². The normalized spacial score (nSPS) is 13.8. The molecule has 0 radical (unpaired) electrons. The Bertz CT molecular complexity index is 326. The molecule has 98 valence electrons. The number of hydrogen-bond donors (Lipinski definition) is 4. The zero-order chi connectivity index (χ0) is 12.1. The van der Waals surface area contributed by atoms with E-state index >= 15 is 0 Å². The Labute approximate surface area is 107 Å². The fourth-order valence-electron chi connectivity index (χ4n) is 1.63. The zero-order valence-corrected chi connectivity index (χ0v) is 10.7. The Balaban J connectivity index is 0.00000256. The SMILES string of the molecule is CCCC[C@@H](O)[C@@H](N)c1cc(O)cc(O)c1.Cl. The molecule has 2 atom stereocenters. The number of phenols is 2. The first-order valence-corrected chi connectivity index (χ1v) is 5.51. The van der Waals surface area contributed by atoms with E-state index in [1.54, 1.807) is 0 Å². The summed E-state index contributed by atoms with van der Waals surface area (Å²) in [5, 5.41) is 28.4. The van der Waals surface area contributed by atoms with Gasteiger partial charge in [0.25, 0.3) is 0 Å². The molecule has 4 nitrogen and oxygen atoms in total. The molecule has 1 aromatic rings. The average molecular weight is 262 g/mol. The van der Waals surface area contributed by atoms with Gasteiger partial charge in [0.15, 0.2) is 0 Å². The fraction of sp³-hybridized carbons (Fsp3) is 0.500. The zero-order valence-electron chi connectivity index (χ0n) is 9.84. The van der Waals surface area contributed by atoms with Crippen LogP contribution in [-0.4, -0.2) is 21.4 Å². The molecular formula is C12H20ClNO3. The molecule has 0 aliphatic heterocycles. The lowest BCUT2D eigenvalue weighted by Crippen LogP contribution is -2.26. The molecule has 0 bridgehead atoms. The summed E-state index contributed by atoms with van der Waals surface area (Å²) in [4.78, 5) is 0. The summed E-state index contributed by atoms with van der Waals surface area (Å²) in [6.07, 6.45) is 1.86. The molecule has 0 fully saturated rings. The van der Waals surface area contributed by atoms with Gasteiger partial charge in [-0.15, -0.1) is 12.4 Å². The number of aliphatic hydroxyl groups excluding tert-OH is 1. The van der Waals surface area contributed by atoms with Crippen molar-refractivity contribution in [3.05, 3.63) is 23.8 Å². The van der Waals surface area contributed by atoms with Crippen LogP contribution >= 0.6 is 12.4 Å². The van der Waals surface area contributed by atoms with Crippen LogP contribution in [0.5, 0.6) is 11.5 Å². The molecule has 0 saturated carbocycles. The van der Waals surface area contributed by atoms with Crippen LogP contribution in [0, 0.1) is 0 Å². The minimum atomic E-state index is -0.652. The lowest BCUT2D eigenvalue weighted by atomic mass is 9.98. The van der Waals surface area contributed by atoms with Gasteiger partial charge < -0.3 is 21.1 Å². The second-order valence-corrected chi connectivity index (χ2v) is 4.02. The van der Waals surface area contributed by atoms with Gasteiger partial charge in [0, 0.05) is 6.07 Å². The molecule has 0 heterocycles. The van der Waals surface area contributed by atoms with E-state index in [0.717, 1.165) is 12.8 Å². The number of rotatable bonds is 5. The number of halogens is 1. The molecule has 0 aliphatic rings. The third kappa shape index (κ3) is 4.81. The second-order valence-electron chi connectivity index (χ2n) is 4.02. The molecule has 1 rings (SSSR count). The topological polar surface area (TPSA) is 86.7 Å². The molecule has 0 aliphatic carbocycles. The van der Waals surface area contributed by atoms with Crippen molar-refractivity contribution in [1.29, 1.82) is 0 Å². The number of hydrogen-bond acceptors (Lipinski definition) is 4. The summed E-state index contributed by atoms with van der Waals surface area (Å²) in [6, 6.07) is 3.57. The van der Waals surface area contributed by atoms with Crippen molar-refractivity contribution < 1.29 is 15.3 Å². The van der Waals surface area contributed by atoms with Crippen molar-refractivity contribution >= 4 is 12.4 Å². The number of nitrogens with two attached hydrogens (primary N) is 1. The van der Waals surface area contributed by atoms with E-state index in [4.69, 9.17) is 5.73 Å². The molecule has 0 unspecified atom stereocenters. The first kappa shape index (κ1) is 16.0. The maximum Gasteiger partial charge on any atom is 0.119 e. The van der Waals surface area contributed by atoms with Gasteiger partial charge in [-0.3, -0.25) is 0 Å². The largest absolute Gasteiger partial charge is 0.508 e. The molecule has 0 aromatic heterocycles. The summed E-state index contributed by atoms with van der Waals surface area (Å²) in [7, 11) is 0. The van der Waals surface area contributed by atoms with Crippen LogP contribution in [0.25, 0.3) is 0 Å². The smallest absolute Gasteiger partial charge is 0.119 e. The van der Waals surface area contributed by atoms with Crippen molar-refractivity contribution in [2.45, 2.75) is 38.3 Å². The van der Waals surface area contributed by atoms with Gasteiger partial charge in [-0.05, 0) is 24.1 Å². The number of phenolic OH excluding ortho intramolecular Hbond substituents is 2. The second kappa shape index (κ2) is 7.37. The highest BCUT2D eigenvalue weighted by Crippen LogP contribution is 2.26. The summed E-state index contributed by atoms with van der Waals surface area (Å²) in [5.74, 6) is -0.0960. The maximum absolute atomic E-state index is 9.80. The van der Waals surface area contributed by atoms with Gasteiger partial charge in [0.2, 0.25) is 0 Å². The van der Waals surface area contributed by atoms with E-state index < -0.39 is 12.1 Å². The molecule has 1 aromatic carbocycles. The molecule has 0 saturated heterocycles. The van der Waals surface area contributed by atoms with Crippen molar-refractivity contribution in [2.75, 3.05) is 0 Å². The lowest BCUT2D eigenvalue weighted by molar-refractivity contribution is 0.132. The van der Waals surface area contributed by atoms with Gasteiger partial charge in [-0.2, -0.15) is 0 Å². The van der Waals surface area contributed by atoms with Crippen LogP contribution in [0.3, 0.4) is 0 Å². The van der Waals surface area contributed by atoms with Crippen LogP contribution < -0.4 is 5.73 Å². The molecule has 0 spiro atoms. The number of aliphatic hydroxyl groups is 1. The predicted octanol–water partition coefficient (Wildman–Crippen LogP) is 2.07.